The lowest BCUT2D eigenvalue weighted by atomic mass is 9.45. The monoisotopic (exact) mass is 907 g/mol. The number of para-hydroxylation sites is 3. The van der Waals surface area contributed by atoms with Crippen molar-refractivity contribution in [1.82, 2.24) is 9.05 Å². The summed E-state index contributed by atoms with van der Waals surface area (Å²) in [6, 6.07) is 57.6. The van der Waals surface area contributed by atoms with Crippen LogP contribution in [-0.4, -0.2) is 15.9 Å². The van der Waals surface area contributed by atoms with E-state index in [1.54, 1.807) is 11.1 Å². The number of benzene rings is 7. The zero-order valence-corrected chi connectivity index (χ0v) is 39.9. The third-order valence-electron chi connectivity index (χ3n) is 20.3. The van der Waals surface area contributed by atoms with Crippen LogP contribution in [0.5, 0.6) is 0 Å². The number of aromatic nitrogens is 2. The zero-order chi connectivity index (χ0) is 44.5. The molecule has 0 spiro atoms. The molecule has 0 saturated heterocycles. The highest BCUT2D eigenvalue weighted by Crippen LogP contribution is 2.63. The van der Waals surface area contributed by atoms with E-state index in [-0.39, 0.29) is 12.3 Å². The van der Waals surface area contributed by atoms with Crippen LogP contribution in [0.15, 0.2) is 146 Å². The first-order chi connectivity index (χ1) is 34.0. The first-order valence-corrected chi connectivity index (χ1v) is 27.5. The van der Waals surface area contributed by atoms with Crippen LogP contribution < -0.4 is 15.8 Å². The summed E-state index contributed by atoms with van der Waals surface area (Å²) in [6.07, 6.45) is 17.1. The summed E-state index contributed by atoms with van der Waals surface area (Å²) in [4.78, 5) is 2.53. The van der Waals surface area contributed by atoms with Gasteiger partial charge in [0.05, 0.1) is 15.7 Å². The van der Waals surface area contributed by atoms with Crippen molar-refractivity contribution in [1.29, 1.82) is 0 Å². The van der Waals surface area contributed by atoms with Crippen molar-refractivity contribution in [3.8, 4) is 16.8 Å². The van der Waals surface area contributed by atoms with Gasteiger partial charge in [-0.25, -0.2) is 0 Å². The van der Waals surface area contributed by atoms with Crippen LogP contribution >= 0.6 is 11.3 Å². The molecule has 8 saturated carbocycles. The Labute approximate surface area is 407 Å². The molecule has 8 bridgehead atoms. The molecule has 8 aliphatic carbocycles. The van der Waals surface area contributed by atoms with Gasteiger partial charge in [0.15, 0.2) is 0 Å². The molecule has 0 atom stereocenters. The maximum Gasteiger partial charge on any atom is 0.333 e. The first kappa shape index (κ1) is 37.8. The second-order valence-electron chi connectivity index (χ2n) is 24.1. The van der Waals surface area contributed by atoms with Gasteiger partial charge in [0.2, 0.25) is 0 Å². The fourth-order valence-electron chi connectivity index (χ4n) is 18.7. The summed E-state index contributed by atoms with van der Waals surface area (Å²) < 4.78 is 8.37. The average Bonchev–Trinajstić information content (AvgIpc) is 4.02. The highest BCUT2D eigenvalue weighted by molar-refractivity contribution is 7.26. The number of fused-ring (bicyclic) bond motifs is 12. The summed E-state index contributed by atoms with van der Waals surface area (Å²) >= 11 is 1.97. The highest BCUT2D eigenvalue weighted by atomic mass is 32.1. The van der Waals surface area contributed by atoms with Crippen molar-refractivity contribution in [2.75, 3.05) is 4.90 Å². The number of nitrogens with zero attached hydrogens (tertiary/aromatic N) is 3. The van der Waals surface area contributed by atoms with Crippen LogP contribution in [0.4, 0.5) is 17.1 Å². The molecule has 3 nitrogen and oxygen atoms in total. The number of hydrogen-bond acceptors (Lipinski definition) is 2. The van der Waals surface area contributed by atoms with E-state index in [1.807, 2.05) is 11.3 Å². The van der Waals surface area contributed by atoms with E-state index in [2.05, 4.69) is 160 Å². The smallest absolute Gasteiger partial charge is 0.333 e. The molecule has 0 radical (unpaired) electrons. The lowest BCUT2D eigenvalue weighted by Gasteiger charge is -2.57. The Morgan fingerprint density at radius 1 is 0.464 bits per heavy atom. The summed E-state index contributed by atoms with van der Waals surface area (Å²) in [6.45, 7) is 0.0423. The minimum absolute atomic E-state index is 0.0423. The van der Waals surface area contributed by atoms with E-state index in [9.17, 15) is 0 Å². The largest absolute Gasteiger partial charge is 0.375 e. The number of anilines is 3. The quantitative estimate of drug-likeness (QED) is 0.157. The van der Waals surface area contributed by atoms with Gasteiger partial charge in [-0.2, -0.15) is 0 Å². The molecule has 10 aromatic rings. The minimum atomic E-state index is 0.0423. The second kappa shape index (κ2) is 13.0. The molecule has 7 aromatic carbocycles. The van der Waals surface area contributed by atoms with Crippen LogP contribution in [0.3, 0.4) is 0 Å². The highest BCUT2D eigenvalue weighted by Gasteiger charge is 2.54. The summed E-state index contributed by atoms with van der Waals surface area (Å²) in [7, 11) is 0. The Morgan fingerprint density at radius 3 is 1.72 bits per heavy atom. The Hall–Kier alpha value is -6.04. The Kier molecular flexibility index (Phi) is 7.14. The molecule has 10 aliphatic rings. The average molecular weight is 908 g/mol. The molecule has 8 fully saturated rings. The van der Waals surface area contributed by atoms with E-state index >= 15 is 0 Å². The lowest BCUT2D eigenvalue weighted by molar-refractivity contribution is -0.00527. The Bertz CT molecular complexity index is 3780. The van der Waals surface area contributed by atoms with E-state index in [0.717, 1.165) is 35.5 Å². The Morgan fingerprint density at radius 2 is 1.06 bits per heavy atom. The van der Waals surface area contributed by atoms with Crippen molar-refractivity contribution < 1.29 is 0 Å². The SMILES string of the molecule is c1ccc(N(c2ccccc2)c2cc3c4c(c2)-n2c5c(cccc5c5sc6ccccc6c52)B4n2c4ccc(C56CC7CC(CC(C7)C5)C6)cc4c4cc(C56CC7CC(CC(C7)C5)C6)cc-3c42)cc1. The van der Waals surface area contributed by atoms with Gasteiger partial charge < -0.3 is 13.9 Å². The predicted octanol–water partition coefficient (Wildman–Crippen LogP) is 15.5. The lowest BCUT2D eigenvalue weighted by Crippen LogP contribution is -2.55. The molecule has 3 aromatic heterocycles. The second-order valence-corrected chi connectivity index (χ2v) is 25.2. The fourth-order valence-corrected chi connectivity index (χ4v) is 19.9. The number of rotatable bonds is 5. The molecule has 334 valence electrons. The van der Waals surface area contributed by atoms with Crippen LogP contribution in [0, 0.1) is 35.5 Å². The molecule has 5 heterocycles. The van der Waals surface area contributed by atoms with Crippen LogP contribution in [0.2, 0.25) is 0 Å². The van der Waals surface area contributed by atoms with Gasteiger partial charge in [0.1, 0.15) is 0 Å². The fraction of sp³-hybridized carbons (Fsp3) is 0.312. The van der Waals surface area contributed by atoms with Gasteiger partial charge >= 0.3 is 6.85 Å². The van der Waals surface area contributed by atoms with E-state index in [4.69, 9.17) is 0 Å². The van der Waals surface area contributed by atoms with Crippen LogP contribution in [-0.2, 0) is 10.8 Å². The van der Waals surface area contributed by atoms with Crippen LogP contribution in [0.1, 0.15) is 88.2 Å². The van der Waals surface area contributed by atoms with E-state index in [1.165, 1.54) is 175 Å². The third-order valence-corrected chi connectivity index (χ3v) is 21.5. The van der Waals surface area contributed by atoms with Gasteiger partial charge in [-0.3, -0.25) is 0 Å². The molecule has 5 heteroatoms. The minimum Gasteiger partial charge on any atom is -0.375 e. The van der Waals surface area contributed by atoms with Crippen molar-refractivity contribution in [3.63, 3.8) is 0 Å². The summed E-state index contributed by atoms with van der Waals surface area (Å²) in [5.41, 5.74) is 20.2. The molecular formula is C64H54BN3S. The molecular weight excluding hydrogens is 854 g/mol. The Balaban J connectivity index is 0.989. The normalized spacial score (nSPS) is 28.6. The van der Waals surface area contributed by atoms with Gasteiger partial charge in [0.25, 0.3) is 0 Å². The number of thiophene rings is 1. The topological polar surface area (TPSA) is 13.1 Å². The molecule has 69 heavy (non-hydrogen) atoms. The van der Waals surface area contributed by atoms with Crippen molar-refractivity contribution in [3.05, 3.63) is 157 Å². The molecule has 2 aliphatic heterocycles. The summed E-state index contributed by atoms with van der Waals surface area (Å²) in [5, 5.41) is 5.76. The predicted molar refractivity (Wildman–Crippen MR) is 289 cm³/mol. The zero-order valence-electron chi connectivity index (χ0n) is 39.1. The van der Waals surface area contributed by atoms with Crippen molar-refractivity contribution in [2.45, 2.75) is 87.9 Å². The standard InChI is InChI=1S/C64H54BN3S/c1-3-10-45(11-4-1)66(46-12-5-2-6-13-46)47-29-51-53-28-44(64-34-40-23-41(35-64)25-42(24-40)36-64)27-52-50-26-43(63-31-37-20-38(32-63)22-39(21-37)33-63)18-19-55(50)68(59(52)53)65-54-16-9-15-49-60(54)67(56(30-47)58(51)65)61-48-14-7-8-17-57(48)69-62(49)61/h1-19,26-30,37-42H,20-25,31-36H2. The summed E-state index contributed by atoms with van der Waals surface area (Å²) in [5.74, 6) is 5.41. The van der Waals surface area contributed by atoms with Crippen molar-refractivity contribution >= 4 is 99.2 Å². The third kappa shape index (κ3) is 4.87. The molecule has 0 N–H and O–H groups in total. The van der Waals surface area contributed by atoms with Gasteiger partial charge in [-0.15, -0.1) is 11.3 Å². The van der Waals surface area contributed by atoms with E-state index < -0.39 is 0 Å². The van der Waals surface area contributed by atoms with Gasteiger partial charge in [0, 0.05) is 65.6 Å². The molecule has 20 rings (SSSR count). The first-order valence-electron chi connectivity index (χ1n) is 26.7. The van der Waals surface area contributed by atoms with Gasteiger partial charge in [-0.1, -0.05) is 78.9 Å². The maximum atomic E-state index is 2.88. The van der Waals surface area contributed by atoms with Gasteiger partial charge in [-0.05, 0) is 218 Å². The van der Waals surface area contributed by atoms with Crippen LogP contribution in [0.25, 0.3) is 69.8 Å². The molecule has 0 amide bonds. The number of hydrogen-bond donors (Lipinski definition) is 0. The van der Waals surface area contributed by atoms with E-state index in [0.29, 0.717) is 5.41 Å². The maximum absolute atomic E-state index is 2.88. The van der Waals surface area contributed by atoms with Crippen molar-refractivity contribution in [2.24, 2.45) is 35.5 Å². The molecule has 0 unspecified atom stereocenters.